The maximum atomic E-state index is 13.0. The van der Waals surface area contributed by atoms with Crippen LogP contribution in [0.3, 0.4) is 0 Å². The van der Waals surface area contributed by atoms with Crippen LogP contribution in [0.4, 0.5) is 0 Å². The largest absolute Gasteiger partial charge is 0.337 e. The minimum Gasteiger partial charge on any atom is -0.337 e. The molecule has 1 saturated heterocycles. The monoisotopic (exact) mass is 335 g/mol. The summed E-state index contributed by atoms with van der Waals surface area (Å²) in [5.41, 5.74) is 3.97. The summed E-state index contributed by atoms with van der Waals surface area (Å²) in [6.45, 7) is 3.79. The van der Waals surface area contributed by atoms with E-state index in [-0.39, 0.29) is 5.91 Å². The molecule has 0 bridgehead atoms. The molecule has 2 aromatic rings. The van der Waals surface area contributed by atoms with Crippen LogP contribution < -0.4 is 0 Å². The first-order valence-electron chi connectivity index (χ1n) is 9.22. The molecule has 1 N–H and O–H groups in total. The van der Waals surface area contributed by atoms with E-state index in [2.05, 4.69) is 41.4 Å². The molecule has 1 aliphatic heterocycles. The van der Waals surface area contributed by atoms with Gasteiger partial charge in [0.15, 0.2) is 0 Å². The molecule has 0 saturated carbocycles. The van der Waals surface area contributed by atoms with Gasteiger partial charge >= 0.3 is 0 Å². The zero-order valence-corrected chi connectivity index (χ0v) is 14.8. The molecule has 1 amide bonds. The van der Waals surface area contributed by atoms with Crippen molar-refractivity contribution in [1.29, 1.82) is 0 Å². The van der Waals surface area contributed by atoms with Gasteiger partial charge in [-0.1, -0.05) is 42.0 Å². The Morgan fingerprint density at radius 1 is 1.20 bits per heavy atom. The smallest absolute Gasteiger partial charge is 0.271 e. The molecule has 130 valence electrons. The number of aryl methyl sites for hydroxylation is 1. The number of nitrogens with zero attached hydrogens (tertiary/aromatic N) is 2. The number of amides is 1. The normalized spacial score (nSPS) is 23.2. The first kappa shape index (κ1) is 16.1. The number of aromatic amines is 1. The number of likely N-dealkylation sites (tertiary alicyclic amines) is 1. The first-order valence-corrected chi connectivity index (χ1v) is 9.22. The van der Waals surface area contributed by atoms with Crippen LogP contribution in [-0.4, -0.2) is 34.1 Å². The Kier molecular flexibility index (Phi) is 4.20. The van der Waals surface area contributed by atoms with Crippen molar-refractivity contribution in [3.8, 4) is 11.3 Å². The maximum absolute atomic E-state index is 13.0. The predicted molar refractivity (Wildman–Crippen MR) is 99.3 cm³/mol. The van der Waals surface area contributed by atoms with Crippen LogP contribution in [0, 0.1) is 12.3 Å². The Hall–Kier alpha value is -2.36. The predicted octanol–water partition coefficient (Wildman–Crippen LogP) is 4.35. The van der Waals surface area contributed by atoms with Crippen molar-refractivity contribution in [3.63, 3.8) is 0 Å². The van der Waals surface area contributed by atoms with E-state index < -0.39 is 0 Å². The Morgan fingerprint density at radius 2 is 2.04 bits per heavy atom. The second-order valence-electron chi connectivity index (χ2n) is 7.58. The highest BCUT2D eigenvalue weighted by atomic mass is 16.2. The van der Waals surface area contributed by atoms with Crippen molar-refractivity contribution >= 4 is 5.91 Å². The van der Waals surface area contributed by atoms with Gasteiger partial charge in [0, 0.05) is 18.7 Å². The summed E-state index contributed by atoms with van der Waals surface area (Å²) < 4.78 is 0. The molecular formula is C21H25N3O. The van der Waals surface area contributed by atoms with E-state index in [0.29, 0.717) is 11.1 Å². The van der Waals surface area contributed by atoms with Gasteiger partial charge in [-0.25, -0.2) is 0 Å². The second-order valence-corrected chi connectivity index (χ2v) is 7.58. The fraction of sp³-hybridized carbons (Fsp3) is 0.429. The number of H-pyrrole nitrogens is 1. The molecule has 4 rings (SSSR count). The van der Waals surface area contributed by atoms with E-state index in [1.165, 1.54) is 18.4 Å². The molecule has 0 unspecified atom stereocenters. The van der Waals surface area contributed by atoms with Crippen molar-refractivity contribution < 1.29 is 4.79 Å². The molecule has 2 aliphatic rings. The molecule has 4 heteroatoms. The number of carbonyl (C=O) groups is 1. The van der Waals surface area contributed by atoms with E-state index >= 15 is 0 Å². The second kappa shape index (κ2) is 6.51. The lowest BCUT2D eigenvalue weighted by molar-refractivity contribution is 0.0479. The number of aromatic nitrogens is 2. The minimum atomic E-state index is 0.0829. The fourth-order valence-electron chi connectivity index (χ4n) is 4.17. The van der Waals surface area contributed by atoms with Crippen LogP contribution in [0.15, 0.2) is 42.5 Å². The lowest BCUT2D eigenvalue weighted by Gasteiger charge is -2.43. The topological polar surface area (TPSA) is 49.0 Å². The van der Waals surface area contributed by atoms with Gasteiger partial charge in [0.1, 0.15) is 5.69 Å². The highest BCUT2D eigenvalue weighted by Crippen LogP contribution is 2.41. The average molecular weight is 335 g/mol. The molecular weight excluding hydrogens is 310 g/mol. The van der Waals surface area contributed by atoms with Crippen LogP contribution >= 0.6 is 0 Å². The van der Waals surface area contributed by atoms with Crippen LogP contribution in [0.25, 0.3) is 11.3 Å². The third-order valence-corrected chi connectivity index (χ3v) is 5.66. The molecule has 1 aliphatic carbocycles. The lowest BCUT2D eigenvalue weighted by atomic mass is 9.71. The van der Waals surface area contributed by atoms with Crippen molar-refractivity contribution in [2.75, 3.05) is 13.1 Å². The molecule has 1 aromatic carbocycles. The SMILES string of the molecule is Cc1ccc(-c2cc(C(=O)N3CCC[C@@]4(CC=CCC4)C3)[nH]n2)cc1. The van der Waals surface area contributed by atoms with E-state index in [9.17, 15) is 4.79 Å². The number of hydrogen-bond acceptors (Lipinski definition) is 2. The molecule has 2 heterocycles. The number of carbonyl (C=O) groups excluding carboxylic acids is 1. The van der Waals surface area contributed by atoms with E-state index in [1.807, 2.05) is 23.1 Å². The summed E-state index contributed by atoms with van der Waals surface area (Å²) in [7, 11) is 0. The summed E-state index contributed by atoms with van der Waals surface area (Å²) in [6.07, 6.45) is 10.3. The summed E-state index contributed by atoms with van der Waals surface area (Å²) in [5, 5.41) is 7.30. The zero-order valence-electron chi connectivity index (χ0n) is 14.8. The van der Waals surface area contributed by atoms with Crippen LogP contribution in [0.1, 0.15) is 48.2 Å². The summed E-state index contributed by atoms with van der Waals surface area (Å²) in [5.74, 6) is 0.0829. The first-order chi connectivity index (χ1) is 12.2. The highest BCUT2D eigenvalue weighted by Gasteiger charge is 2.37. The number of allylic oxidation sites excluding steroid dienone is 2. The molecule has 4 nitrogen and oxygen atoms in total. The van der Waals surface area contributed by atoms with Gasteiger partial charge < -0.3 is 4.90 Å². The van der Waals surface area contributed by atoms with Crippen molar-refractivity contribution in [2.45, 2.75) is 39.0 Å². The Balaban J connectivity index is 1.51. The number of piperidine rings is 1. The van der Waals surface area contributed by atoms with Crippen molar-refractivity contribution in [3.05, 3.63) is 53.7 Å². The summed E-state index contributed by atoms with van der Waals surface area (Å²) in [6, 6.07) is 10.1. The molecule has 25 heavy (non-hydrogen) atoms. The van der Waals surface area contributed by atoms with Crippen LogP contribution in [-0.2, 0) is 0 Å². The average Bonchev–Trinajstić information content (AvgIpc) is 3.12. The minimum absolute atomic E-state index is 0.0829. The Morgan fingerprint density at radius 3 is 2.80 bits per heavy atom. The van der Waals surface area contributed by atoms with Gasteiger partial charge in [-0.05, 0) is 50.5 Å². The lowest BCUT2D eigenvalue weighted by Crippen LogP contribution is -2.46. The van der Waals surface area contributed by atoms with Crippen LogP contribution in [0.5, 0.6) is 0 Å². The molecule has 1 atom stereocenters. The van der Waals surface area contributed by atoms with Gasteiger partial charge in [-0.2, -0.15) is 5.10 Å². The molecule has 1 spiro atoms. The van der Waals surface area contributed by atoms with Crippen LogP contribution in [0.2, 0.25) is 0 Å². The highest BCUT2D eigenvalue weighted by molar-refractivity contribution is 5.93. The van der Waals surface area contributed by atoms with Gasteiger partial charge in [0.2, 0.25) is 0 Å². The fourth-order valence-corrected chi connectivity index (χ4v) is 4.17. The van der Waals surface area contributed by atoms with E-state index in [0.717, 1.165) is 43.6 Å². The number of nitrogens with one attached hydrogen (secondary N) is 1. The number of rotatable bonds is 2. The molecule has 1 fully saturated rings. The van der Waals surface area contributed by atoms with Crippen molar-refractivity contribution in [1.82, 2.24) is 15.1 Å². The quantitative estimate of drug-likeness (QED) is 0.830. The van der Waals surface area contributed by atoms with Gasteiger partial charge in [0.05, 0.1) is 5.69 Å². The third-order valence-electron chi connectivity index (χ3n) is 5.66. The zero-order chi connectivity index (χ0) is 17.3. The van der Waals surface area contributed by atoms with E-state index in [4.69, 9.17) is 0 Å². The third kappa shape index (κ3) is 3.26. The van der Waals surface area contributed by atoms with Gasteiger partial charge in [0.25, 0.3) is 5.91 Å². The Bertz CT molecular complexity index is 790. The Labute approximate surface area is 148 Å². The van der Waals surface area contributed by atoms with E-state index in [1.54, 1.807) is 0 Å². The molecule has 0 radical (unpaired) electrons. The summed E-state index contributed by atoms with van der Waals surface area (Å²) >= 11 is 0. The summed E-state index contributed by atoms with van der Waals surface area (Å²) in [4.78, 5) is 15.0. The van der Waals surface area contributed by atoms with Crippen molar-refractivity contribution in [2.24, 2.45) is 5.41 Å². The van der Waals surface area contributed by atoms with Gasteiger partial charge in [-0.15, -0.1) is 0 Å². The molecule has 1 aromatic heterocycles. The van der Waals surface area contributed by atoms with Gasteiger partial charge in [-0.3, -0.25) is 9.89 Å². The maximum Gasteiger partial charge on any atom is 0.271 e. The number of hydrogen-bond donors (Lipinski definition) is 1. The number of benzene rings is 1. The standard InChI is InChI=1S/C21H25N3O/c1-16-6-8-17(9-7-16)18-14-19(23-22-18)20(25)24-13-5-12-21(15-24)10-3-2-4-11-21/h2-3,6-9,14H,4-5,10-13,15H2,1H3,(H,22,23)/t21-/m0/s1.